The molecule has 414 valence electrons. The first-order valence-electron chi connectivity index (χ1n) is 26.0. The van der Waals surface area contributed by atoms with Gasteiger partial charge in [-0.15, -0.1) is 20.4 Å². The van der Waals surface area contributed by atoms with Gasteiger partial charge in [-0.3, -0.25) is 14.1 Å². The van der Waals surface area contributed by atoms with E-state index >= 15 is 0 Å². The molecule has 2 atom stereocenters. The third kappa shape index (κ3) is 12.7. The lowest BCUT2D eigenvalue weighted by molar-refractivity contribution is -0.433. The van der Waals surface area contributed by atoms with Gasteiger partial charge in [-0.25, -0.2) is 4.21 Å². The van der Waals surface area contributed by atoms with Crippen molar-refractivity contribution in [1.29, 1.82) is 0 Å². The van der Waals surface area contributed by atoms with E-state index in [1.807, 2.05) is 135 Å². The van der Waals surface area contributed by atoms with E-state index in [0.717, 1.165) is 50.6 Å². The van der Waals surface area contributed by atoms with Gasteiger partial charge in [0.25, 0.3) is 16.0 Å². The number of hydrogen-bond acceptors (Lipinski definition) is 13. The summed E-state index contributed by atoms with van der Waals surface area (Å²) in [6.45, 7) is 25.2. The largest absolute Gasteiger partial charge is 0.359 e. The van der Waals surface area contributed by atoms with Gasteiger partial charge in [0.05, 0.1) is 33.9 Å². The maximum Gasteiger partial charge on any atom is 0.294 e. The van der Waals surface area contributed by atoms with E-state index in [1.165, 1.54) is 12.1 Å². The number of allylic oxidation sites excluding steroid dienone is 6. The Bertz CT molecular complexity index is 3330. The number of nitrogens with two attached hydrogens (primary N) is 1. The van der Waals surface area contributed by atoms with Gasteiger partial charge in [-0.05, 0) is 140 Å². The number of aromatic nitrogens is 4. The van der Waals surface area contributed by atoms with E-state index in [0.29, 0.717) is 43.1 Å². The minimum Gasteiger partial charge on any atom is -0.359 e. The fourth-order valence-electron chi connectivity index (χ4n) is 10.2. The van der Waals surface area contributed by atoms with Crippen LogP contribution in [0.4, 0.5) is 11.4 Å². The molecule has 5 aromatic rings. The standard InChI is InChI=1S/C59H73N9O8S2/c1-13-67-47-30-28-44(78(73,74)75)34-46(47)56(5,6)49(67)17-15-14-16-18-50-57(7,8)45-33-43(77(71)72)27-29-48(45)68(50)59(11,12)58(9,10)51(69)36-61-32-31-52(60)76-37-40-21-25-42(26-22-40)54(70)62-55(3,4)35-39-19-23-41(24-20-39)53-65-63-38(2)64-66-53/h14-30,33-34,52,61H,13,31-32,35-37,60H2,1-12H3,(H2-,62,70,71,72,73,74,75)/p+1. The number of nitrogens with zero attached hydrogens (tertiary/aromatic N) is 6. The van der Waals surface area contributed by atoms with Crippen LogP contribution in [0.25, 0.3) is 11.4 Å². The predicted octanol–water partition coefficient (Wildman–Crippen LogP) is 8.87. The molecule has 2 aliphatic rings. The first-order valence-corrected chi connectivity index (χ1v) is 28.6. The average Bonchev–Trinajstić information content (AvgIpc) is 3.95. The van der Waals surface area contributed by atoms with E-state index in [4.69, 9.17) is 10.5 Å². The van der Waals surface area contributed by atoms with Gasteiger partial charge >= 0.3 is 0 Å². The number of ketones is 1. The molecule has 17 nitrogen and oxygen atoms in total. The highest BCUT2D eigenvalue weighted by Gasteiger charge is 2.53. The molecule has 0 radical (unpaired) electrons. The van der Waals surface area contributed by atoms with Crippen molar-refractivity contribution in [3.05, 3.63) is 155 Å². The Morgan fingerprint density at radius 3 is 2.14 bits per heavy atom. The van der Waals surface area contributed by atoms with Crippen molar-refractivity contribution in [3.63, 3.8) is 0 Å². The molecule has 1 amide bonds. The number of carbonyl (C=O) groups excluding carboxylic acids is 2. The van der Waals surface area contributed by atoms with Crippen LogP contribution in [0.2, 0.25) is 0 Å². The number of amides is 1. The van der Waals surface area contributed by atoms with E-state index in [2.05, 4.69) is 54.4 Å². The second-order valence-corrected chi connectivity index (χ2v) is 25.1. The molecule has 0 aliphatic carbocycles. The maximum atomic E-state index is 14.4. The van der Waals surface area contributed by atoms with E-state index in [9.17, 15) is 31.3 Å². The van der Waals surface area contributed by atoms with Crippen LogP contribution in [0, 0.1) is 12.3 Å². The lowest BCUT2D eigenvalue weighted by Crippen LogP contribution is -2.58. The molecule has 6 N–H and O–H groups in total. The van der Waals surface area contributed by atoms with Crippen molar-refractivity contribution in [1.82, 2.24) is 31.0 Å². The number of benzene rings is 4. The van der Waals surface area contributed by atoms with Crippen molar-refractivity contribution in [2.45, 2.75) is 140 Å². The van der Waals surface area contributed by atoms with Gasteiger partial charge in [0.15, 0.2) is 28.4 Å². The Kier molecular flexibility index (Phi) is 17.5. The minimum absolute atomic E-state index is 0.0213. The van der Waals surface area contributed by atoms with Crippen molar-refractivity contribution < 1.29 is 40.6 Å². The summed E-state index contributed by atoms with van der Waals surface area (Å²) >= 11 is -2.21. The first kappa shape index (κ1) is 59.2. The predicted molar refractivity (Wildman–Crippen MR) is 305 cm³/mol. The molecule has 7 rings (SSSR count). The number of rotatable bonds is 22. The summed E-state index contributed by atoms with van der Waals surface area (Å²) in [5.74, 6) is 0.736. The Balaban J connectivity index is 0.948. The Morgan fingerprint density at radius 1 is 0.859 bits per heavy atom. The van der Waals surface area contributed by atoms with Crippen molar-refractivity contribution in [2.75, 3.05) is 24.5 Å². The van der Waals surface area contributed by atoms with Crippen LogP contribution in [0.1, 0.15) is 121 Å². The van der Waals surface area contributed by atoms with Crippen molar-refractivity contribution in [3.8, 4) is 11.4 Å². The summed E-state index contributed by atoms with van der Waals surface area (Å²) in [6.07, 6.45) is 10.3. The fraction of sp³-hybridized carbons (Fsp3) is 0.407. The summed E-state index contributed by atoms with van der Waals surface area (Å²) in [4.78, 5) is 30.0. The Labute approximate surface area is 461 Å². The molecule has 4 aromatic carbocycles. The van der Waals surface area contributed by atoms with Crippen molar-refractivity contribution >= 4 is 50.0 Å². The maximum absolute atomic E-state index is 14.4. The van der Waals surface area contributed by atoms with E-state index < -0.39 is 54.7 Å². The molecular formula is C59H74N9O8S2+. The molecule has 19 heteroatoms. The number of hydrogen-bond donors (Lipinski definition) is 5. The zero-order valence-electron chi connectivity index (χ0n) is 46.7. The van der Waals surface area contributed by atoms with Crippen LogP contribution < -0.4 is 21.3 Å². The topological polar surface area (TPSA) is 243 Å². The molecule has 2 unspecified atom stereocenters. The second-order valence-electron chi connectivity index (χ2n) is 22.7. The van der Waals surface area contributed by atoms with Gasteiger partial charge in [0.2, 0.25) is 11.5 Å². The quantitative estimate of drug-likeness (QED) is 0.0109. The minimum atomic E-state index is -4.38. The third-order valence-corrected chi connectivity index (χ3v) is 16.9. The molecule has 2 aliphatic heterocycles. The summed E-state index contributed by atoms with van der Waals surface area (Å²) in [5, 5.41) is 22.6. The smallest absolute Gasteiger partial charge is 0.294 e. The third-order valence-electron chi connectivity index (χ3n) is 15.4. The van der Waals surface area contributed by atoms with Gasteiger partial charge in [0.1, 0.15) is 12.8 Å². The van der Waals surface area contributed by atoms with Gasteiger partial charge in [0, 0.05) is 56.6 Å². The van der Waals surface area contributed by atoms with Gasteiger partial charge < -0.3 is 30.6 Å². The number of carbonyl (C=O) groups is 2. The van der Waals surface area contributed by atoms with E-state index in [1.54, 1.807) is 37.3 Å². The average molecular weight is 1100 g/mol. The van der Waals surface area contributed by atoms with Crippen molar-refractivity contribution in [2.24, 2.45) is 11.1 Å². The first-order chi connectivity index (χ1) is 36.5. The molecule has 3 heterocycles. The molecule has 0 spiro atoms. The highest BCUT2D eigenvalue weighted by molar-refractivity contribution is 7.85. The molecule has 1 aromatic heterocycles. The zero-order chi connectivity index (χ0) is 57.2. The van der Waals surface area contributed by atoms with E-state index in [-0.39, 0.29) is 34.6 Å². The molecule has 78 heavy (non-hydrogen) atoms. The summed E-state index contributed by atoms with van der Waals surface area (Å²) in [7, 11) is -4.38. The monoisotopic (exact) mass is 1100 g/mol. The second kappa shape index (κ2) is 23.1. The van der Waals surface area contributed by atoms with Gasteiger partial charge in [-0.2, -0.15) is 13.0 Å². The fourth-order valence-corrected chi connectivity index (χ4v) is 11.1. The highest BCUT2D eigenvalue weighted by atomic mass is 32.2. The highest BCUT2D eigenvalue weighted by Crippen LogP contribution is 2.54. The van der Waals surface area contributed by atoms with Gasteiger partial charge in [-0.1, -0.05) is 82.3 Å². The molecule has 0 saturated carbocycles. The molecule has 0 saturated heterocycles. The number of fused-ring (bicyclic) bond motifs is 2. The molecule has 0 bridgehead atoms. The van der Waals surface area contributed by atoms with Crippen LogP contribution in [-0.2, 0) is 54.6 Å². The SMILES string of the molecule is CC[N+]1=C(/C=C/C=C/C=C2/N(C(C)(C)C(C)(C)C(=O)CNCCC(N)OCc3ccc(C(=O)NC(C)(C)Cc4ccc(-c5nnc(C)nn5)cc4)cc3)c3ccc(S(=O)O)cc3C2(C)C)C(C)(C)c2cc(S(=O)(=O)O)ccc21. The number of ether oxygens (including phenoxy) is 1. The zero-order valence-corrected chi connectivity index (χ0v) is 48.3. The summed E-state index contributed by atoms with van der Waals surface area (Å²) in [5.41, 5.74) is 11.3. The van der Waals surface area contributed by atoms with Crippen LogP contribution in [-0.4, -0.2) is 101 Å². The van der Waals surface area contributed by atoms with Crippen LogP contribution in [0.15, 0.2) is 131 Å². The van der Waals surface area contributed by atoms with Crippen LogP contribution >= 0.6 is 0 Å². The lowest BCUT2D eigenvalue weighted by Gasteiger charge is -2.49. The van der Waals surface area contributed by atoms with Crippen LogP contribution in [0.3, 0.4) is 0 Å². The normalized spacial score (nSPS) is 16.8. The lowest BCUT2D eigenvalue weighted by atomic mass is 9.69. The number of Topliss-reactive ketones (excluding diaryl/α,β-unsaturated/α-hetero) is 1. The Hall–Kier alpha value is -6.45. The summed E-state index contributed by atoms with van der Waals surface area (Å²) < 4.78 is 64.4. The van der Waals surface area contributed by atoms with Crippen LogP contribution in [0.5, 0.6) is 0 Å². The molecular weight excluding hydrogens is 1030 g/mol. The number of aryl methyl sites for hydroxylation is 1. The molecule has 0 fully saturated rings. The number of nitrogens with one attached hydrogen (secondary N) is 2. The Morgan fingerprint density at radius 2 is 1.51 bits per heavy atom. The summed E-state index contributed by atoms with van der Waals surface area (Å²) in [6, 6.07) is 25.0. The number of anilines is 1.